The van der Waals surface area contributed by atoms with Gasteiger partial charge in [0.15, 0.2) is 0 Å². The molecule has 0 aromatic heterocycles. The van der Waals surface area contributed by atoms with Crippen LogP contribution in [0.15, 0.2) is 0 Å². The van der Waals surface area contributed by atoms with Crippen molar-refractivity contribution in [1.29, 1.82) is 0 Å². The van der Waals surface area contributed by atoms with Crippen molar-refractivity contribution >= 4 is 25.3 Å². The van der Waals surface area contributed by atoms with E-state index < -0.39 is 7.59 Å². The second kappa shape index (κ2) is 6.45. The van der Waals surface area contributed by atoms with Gasteiger partial charge in [0.1, 0.15) is 0 Å². The van der Waals surface area contributed by atoms with Crippen molar-refractivity contribution in [2.75, 3.05) is 18.6 Å². The maximum absolute atomic E-state index is 11.5. The summed E-state index contributed by atoms with van der Waals surface area (Å²) < 4.78 is 12.3. The number of rotatable bonds is 6. The monoisotopic (exact) mass is 239 g/mol. The Hall–Kier alpha value is -0.0300. The van der Waals surface area contributed by atoms with Crippen molar-refractivity contribution in [2.45, 2.75) is 19.8 Å². The highest BCUT2D eigenvalue weighted by molar-refractivity contribution is 7.98. The fraction of sp³-hybridized carbons (Fsp3) is 0.857. The Morgan fingerprint density at radius 2 is 2.07 bits per heavy atom. The summed E-state index contributed by atoms with van der Waals surface area (Å²) in [4.78, 5) is 11.5. The molecule has 84 valence electrons. The highest BCUT2D eigenvalue weighted by Crippen LogP contribution is 2.31. The Labute approximate surface area is 89.1 Å². The Morgan fingerprint density at radius 1 is 1.50 bits per heavy atom. The minimum absolute atomic E-state index is 0.227. The standard InChI is InChI=1S/C7H18N3O2PS/c1-3-10(13(8,9)12)7(11)5-4-6-14-2/h3-6H2,1-2H3,(H4,8,9,12). The predicted octanol–water partition coefficient (Wildman–Crippen LogP) is 1.00. The summed E-state index contributed by atoms with van der Waals surface area (Å²) in [6.45, 7) is 2.00. The Morgan fingerprint density at radius 3 is 2.43 bits per heavy atom. The summed E-state index contributed by atoms with van der Waals surface area (Å²) in [5, 5.41) is 0. The van der Waals surface area contributed by atoms with E-state index in [1.54, 1.807) is 18.7 Å². The van der Waals surface area contributed by atoms with Crippen LogP contribution in [0.5, 0.6) is 0 Å². The Bertz CT molecular complexity index is 231. The molecule has 0 saturated carbocycles. The predicted molar refractivity (Wildman–Crippen MR) is 61.0 cm³/mol. The van der Waals surface area contributed by atoms with Gasteiger partial charge in [-0.15, -0.1) is 0 Å². The molecule has 0 bridgehead atoms. The van der Waals surface area contributed by atoms with E-state index in [9.17, 15) is 9.36 Å². The molecule has 1 amide bonds. The largest absolute Gasteiger partial charge is 0.302 e. The molecule has 0 spiro atoms. The number of hydrogen-bond acceptors (Lipinski definition) is 3. The lowest BCUT2D eigenvalue weighted by Crippen LogP contribution is -2.34. The van der Waals surface area contributed by atoms with Crippen LogP contribution in [-0.4, -0.2) is 29.1 Å². The Balaban J connectivity index is 4.13. The number of thioether (sulfide) groups is 1. The van der Waals surface area contributed by atoms with Crippen LogP contribution in [0.4, 0.5) is 0 Å². The summed E-state index contributed by atoms with van der Waals surface area (Å²) in [7, 11) is -3.40. The van der Waals surface area contributed by atoms with Gasteiger partial charge in [-0.1, -0.05) is 0 Å². The molecule has 7 heteroatoms. The van der Waals surface area contributed by atoms with Gasteiger partial charge in [-0.05, 0) is 25.4 Å². The average molecular weight is 239 g/mol. The lowest BCUT2D eigenvalue weighted by Gasteiger charge is -2.23. The van der Waals surface area contributed by atoms with E-state index in [1.165, 1.54) is 0 Å². The molecule has 0 saturated heterocycles. The van der Waals surface area contributed by atoms with Crippen molar-refractivity contribution in [3.8, 4) is 0 Å². The quantitative estimate of drug-likeness (QED) is 0.533. The lowest BCUT2D eigenvalue weighted by molar-refractivity contribution is -0.126. The van der Waals surface area contributed by atoms with Crippen molar-refractivity contribution in [3.63, 3.8) is 0 Å². The number of carbonyl (C=O) groups is 1. The van der Waals surface area contributed by atoms with Gasteiger partial charge in [-0.3, -0.25) is 25.0 Å². The average Bonchev–Trinajstić information content (AvgIpc) is 2.03. The molecule has 0 atom stereocenters. The molecule has 0 aromatic rings. The number of nitrogens with zero attached hydrogens (tertiary/aromatic N) is 1. The maximum Gasteiger partial charge on any atom is 0.302 e. The molecule has 0 aliphatic rings. The lowest BCUT2D eigenvalue weighted by atomic mass is 10.3. The molecule has 0 rings (SSSR count). The van der Waals surface area contributed by atoms with Crippen LogP contribution >= 0.6 is 19.4 Å². The number of nitrogens with two attached hydrogens (primary N) is 2. The fourth-order valence-electron chi connectivity index (χ4n) is 1.07. The van der Waals surface area contributed by atoms with E-state index in [2.05, 4.69) is 0 Å². The van der Waals surface area contributed by atoms with Crippen LogP contribution in [0.3, 0.4) is 0 Å². The van der Waals surface area contributed by atoms with E-state index in [0.717, 1.165) is 16.8 Å². The molecule has 5 nitrogen and oxygen atoms in total. The van der Waals surface area contributed by atoms with Crippen LogP contribution in [-0.2, 0) is 9.36 Å². The summed E-state index contributed by atoms with van der Waals surface area (Å²) >= 11 is 1.67. The van der Waals surface area contributed by atoms with Gasteiger partial charge in [-0.25, -0.2) is 0 Å². The molecule has 4 N–H and O–H groups in total. The van der Waals surface area contributed by atoms with Crippen molar-refractivity contribution in [2.24, 2.45) is 11.0 Å². The first-order valence-corrected chi connectivity index (χ1v) is 7.59. The third-order valence-corrected chi connectivity index (χ3v) is 3.66. The topological polar surface area (TPSA) is 89.4 Å². The van der Waals surface area contributed by atoms with Gasteiger partial charge in [0.05, 0.1) is 0 Å². The van der Waals surface area contributed by atoms with E-state index >= 15 is 0 Å². The van der Waals surface area contributed by atoms with Gasteiger partial charge < -0.3 is 0 Å². The van der Waals surface area contributed by atoms with E-state index in [0.29, 0.717) is 13.0 Å². The molecular weight excluding hydrogens is 221 g/mol. The van der Waals surface area contributed by atoms with Gasteiger partial charge in [0.2, 0.25) is 5.91 Å². The summed E-state index contributed by atoms with van der Waals surface area (Å²) in [5.41, 5.74) is 10.5. The number of hydrogen-bond donors (Lipinski definition) is 2. The first-order valence-electron chi connectivity index (χ1n) is 4.40. The first-order chi connectivity index (χ1) is 6.43. The minimum atomic E-state index is -3.40. The van der Waals surface area contributed by atoms with Crippen molar-refractivity contribution in [3.05, 3.63) is 0 Å². The van der Waals surface area contributed by atoms with E-state index in [4.69, 9.17) is 11.0 Å². The molecule has 0 fully saturated rings. The summed E-state index contributed by atoms with van der Waals surface area (Å²) in [5.74, 6) is 0.679. The van der Waals surface area contributed by atoms with Crippen molar-refractivity contribution in [1.82, 2.24) is 4.67 Å². The molecule has 0 aliphatic heterocycles. The van der Waals surface area contributed by atoms with Crippen LogP contribution in [0.25, 0.3) is 0 Å². The highest BCUT2D eigenvalue weighted by Gasteiger charge is 2.24. The summed E-state index contributed by atoms with van der Waals surface area (Å²) in [6.07, 6.45) is 3.09. The van der Waals surface area contributed by atoms with Gasteiger partial charge in [0.25, 0.3) is 0 Å². The number of amides is 1. The summed E-state index contributed by atoms with van der Waals surface area (Å²) in [6, 6.07) is 0. The normalized spacial score (nSPS) is 11.4. The van der Waals surface area contributed by atoms with Gasteiger partial charge in [0, 0.05) is 13.0 Å². The maximum atomic E-state index is 11.5. The molecular formula is C7H18N3O2PS. The smallest absolute Gasteiger partial charge is 0.274 e. The van der Waals surface area contributed by atoms with Crippen LogP contribution in [0.2, 0.25) is 0 Å². The number of carbonyl (C=O) groups excluding carboxylic acids is 1. The highest BCUT2D eigenvalue weighted by atomic mass is 32.2. The molecule has 0 radical (unpaired) electrons. The van der Waals surface area contributed by atoms with E-state index in [1.807, 2.05) is 6.26 Å². The second-order valence-electron chi connectivity index (χ2n) is 2.88. The molecule has 0 heterocycles. The molecule has 0 unspecified atom stereocenters. The zero-order valence-electron chi connectivity index (χ0n) is 8.60. The SMILES string of the molecule is CCN(C(=O)CCCSC)P(N)(N)=O. The van der Waals surface area contributed by atoms with Crippen molar-refractivity contribution < 1.29 is 9.36 Å². The zero-order valence-corrected chi connectivity index (χ0v) is 10.3. The molecule has 14 heavy (non-hydrogen) atoms. The zero-order chi connectivity index (χ0) is 11.2. The molecule has 0 aliphatic carbocycles. The molecule has 0 aromatic carbocycles. The fourth-order valence-corrected chi connectivity index (χ4v) is 2.39. The third kappa shape index (κ3) is 5.00. The van der Waals surface area contributed by atoms with Gasteiger partial charge in [-0.2, -0.15) is 11.8 Å². The van der Waals surface area contributed by atoms with Crippen LogP contribution < -0.4 is 11.0 Å². The van der Waals surface area contributed by atoms with Crippen LogP contribution in [0, 0.1) is 0 Å². The van der Waals surface area contributed by atoms with E-state index in [-0.39, 0.29) is 5.91 Å². The second-order valence-corrected chi connectivity index (χ2v) is 5.69. The van der Waals surface area contributed by atoms with Crippen LogP contribution in [0.1, 0.15) is 19.8 Å². The third-order valence-electron chi connectivity index (χ3n) is 1.70. The minimum Gasteiger partial charge on any atom is -0.274 e. The Kier molecular flexibility index (Phi) is 6.44. The van der Waals surface area contributed by atoms with Gasteiger partial charge >= 0.3 is 7.59 Å². The first kappa shape index (κ1) is 14.0.